The van der Waals surface area contributed by atoms with Gasteiger partial charge in [0.05, 0.1) is 17.7 Å². The van der Waals surface area contributed by atoms with Crippen LogP contribution in [-0.4, -0.2) is 44.4 Å². The monoisotopic (exact) mass is 400 g/mol. The summed E-state index contributed by atoms with van der Waals surface area (Å²) < 4.78 is 20.6. The van der Waals surface area contributed by atoms with Crippen LogP contribution in [0.4, 0.5) is 4.39 Å². The van der Waals surface area contributed by atoms with Gasteiger partial charge in [0.2, 0.25) is 11.7 Å². The van der Waals surface area contributed by atoms with Crippen LogP contribution in [0, 0.1) is 11.7 Å². The summed E-state index contributed by atoms with van der Waals surface area (Å²) in [6.07, 6.45) is 3.66. The Labute approximate surface area is 166 Å². The van der Waals surface area contributed by atoms with Gasteiger partial charge in [0, 0.05) is 13.1 Å². The predicted octanol–water partition coefficient (Wildman–Crippen LogP) is 4.02. The lowest BCUT2D eigenvalue weighted by Crippen LogP contribution is -2.38. The fourth-order valence-corrected chi connectivity index (χ4v) is 4.08. The van der Waals surface area contributed by atoms with Crippen molar-refractivity contribution in [2.24, 2.45) is 5.92 Å². The Morgan fingerprint density at radius 1 is 1.21 bits per heavy atom. The number of rotatable bonds is 5. The van der Waals surface area contributed by atoms with Crippen molar-refractivity contribution in [3.8, 4) is 17.3 Å². The van der Waals surface area contributed by atoms with Gasteiger partial charge in [0.15, 0.2) is 10.9 Å². The number of amides is 1. The van der Waals surface area contributed by atoms with E-state index in [1.807, 2.05) is 4.90 Å². The van der Waals surface area contributed by atoms with E-state index in [-0.39, 0.29) is 17.5 Å². The Hall–Kier alpha value is -2.61. The van der Waals surface area contributed by atoms with Gasteiger partial charge < -0.3 is 9.32 Å². The maximum Gasteiger partial charge on any atom is 0.233 e. The Morgan fingerprint density at radius 3 is 2.64 bits per heavy atom. The van der Waals surface area contributed by atoms with Crippen molar-refractivity contribution in [1.82, 2.24) is 19.7 Å². The minimum atomic E-state index is -0.319. The third-order valence-electron chi connectivity index (χ3n) is 4.92. The zero-order valence-corrected chi connectivity index (χ0v) is 16.4. The number of aromatic nitrogens is 3. The molecule has 0 spiro atoms. The molecule has 0 unspecified atom stereocenters. The van der Waals surface area contributed by atoms with Crippen LogP contribution in [0.25, 0.3) is 17.3 Å². The highest BCUT2D eigenvalue weighted by Crippen LogP contribution is 2.29. The first-order valence-electron chi connectivity index (χ1n) is 9.27. The summed E-state index contributed by atoms with van der Waals surface area (Å²) in [6.45, 7) is 3.84. The number of benzene rings is 1. The van der Waals surface area contributed by atoms with Gasteiger partial charge in [-0.15, -0.1) is 10.2 Å². The normalized spacial score (nSPS) is 15.1. The molecule has 3 aromatic rings. The van der Waals surface area contributed by atoms with Crippen LogP contribution in [0.1, 0.15) is 19.8 Å². The van der Waals surface area contributed by atoms with Gasteiger partial charge in [-0.1, -0.05) is 18.7 Å². The van der Waals surface area contributed by atoms with E-state index in [1.165, 1.54) is 23.9 Å². The van der Waals surface area contributed by atoms with Crippen molar-refractivity contribution < 1.29 is 13.6 Å². The SMILES string of the molecule is CC1CCN(C(=O)CSc2nnc(-c3ccco3)n2-c2ccc(F)cc2)CC1. The van der Waals surface area contributed by atoms with E-state index < -0.39 is 0 Å². The lowest BCUT2D eigenvalue weighted by molar-refractivity contribution is -0.129. The molecule has 0 atom stereocenters. The first kappa shape index (κ1) is 18.7. The van der Waals surface area contributed by atoms with Gasteiger partial charge in [0.25, 0.3) is 0 Å². The lowest BCUT2D eigenvalue weighted by atomic mass is 9.99. The largest absolute Gasteiger partial charge is 0.461 e. The van der Waals surface area contributed by atoms with Gasteiger partial charge in [-0.25, -0.2) is 4.39 Å². The van der Waals surface area contributed by atoms with E-state index in [0.29, 0.717) is 28.3 Å². The van der Waals surface area contributed by atoms with Gasteiger partial charge in [-0.3, -0.25) is 9.36 Å². The summed E-state index contributed by atoms with van der Waals surface area (Å²) in [4.78, 5) is 14.5. The topological polar surface area (TPSA) is 64.2 Å². The molecule has 3 heterocycles. The summed E-state index contributed by atoms with van der Waals surface area (Å²) in [5.41, 5.74) is 0.708. The van der Waals surface area contributed by atoms with Crippen molar-refractivity contribution >= 4 is 17.7 Å². The molecule has 0 saturated carbocycles. The molecule has 8 heteroatoms. The van der Waals surface area contributed by atoms with E-state index in [4.69, 9.17) is 4.42 Å². The van der Waals surface area contributed by atoms with Crippen LogP contribution in [0.15, 0.2) is 52.2 Å². The first-order chi connectivity index (χ1) is 13.6. The molecule has 1 aliphatic heterocycles. The number of hydrogen-bond acceptors (Lipinski definition) is 5. The minimum Gasteiger partial charge on any atom is -0.461 e. The van der Waals surface area contributed by atoms with E-state index in [2.05, 4.69) is 17.1 Å². The lowest BCUT2D eigenvalue weighted by Gasteiger charge is -2.30. The number of halogens is 1. The molecule has 1 fully saturated rings. The van der Waals surface area contributed by atoms with Crippen molar-refractivity contribution in [2.45, 2.75) is 24.9 Å². The third-order valence-corrected chi connectivity index (χ3v) is 5.83. The number of carbonyl (C=O) groups excluding carboxylic acids is 1. The molecule has 1 saturated heterocycles. The fourth-order valence-electron chi connectivity index (χ4n) is 3.23. The van der Waals surface area contributed by atoms with Crippen LogP contribution in [0.5, 0.6) is 0 Å². The number of likely N-dealkylation sites (tertiary alicyclic amines) is 1. The molecule has 1 aliphatic rings. The molecule has 2 aromatic heterocycles. The standard InChI is InChI=1S/C20H21FN4O2S/c1-14-8-10-24(11-9-14)18(26)13-28-20-23-22-19(17-3-2-12-27-17)25(20)16-6-4-15(21)5-7-16/h2-7,12,14H,8-11,13H2,1H3. The second-order valence-corrected chi connectivity index (χ2v) is 7.89. The van der Waals surface area contributed by atoms with Crippen LogP contribution in [0.3, 0.4) is 0 Å². The highest BCUT2D eigenvalue weighted by atomic mass is 32.2. The van der Waals surface area contributed by atoms with Crippen LogP contribution < -0.4 is 0 Å². The quantitative estimate of drug-likeness (QED) is 0.606. The number of hydrogen-bond donors (Lipinski definition) is 0. The predicted molar refractivity (Wildman–Crippen MR) is 105 cm³/mol. The number of carbonyl (C=O) groups is 1. The fraction of sp³-hybridized carbons (Fsp3) is 0.350. The molecule has 0 N–H and O–H groups in total. The zero-order chi connectivity index (χ0) is 19.5. The molecular formula is C20H21FN4O2S. The summed E-state index contributed by atoms with van der Waals surface area (Å²) in [7, 11) is 0. The highest BCUT2D eigenvalue weighted by molar-refractivity contribution is 7.99. The highest BCUT2D eigenvalue weighted by Gasteiger charge is 2.23. The molecule has 6 nitrogen and oxygen atoms in total. The zero-order valence-electron chi connectivity index (χ0n) is 15.5. The molecule has 28 heavy (non-hydrogen) atoms. The van der Waals surface area contributed by atoms with Gasteiger partial charge in [-0.2, -0.15) is 0 Å². The average Bonchev–Trinajstić information content (AvgIpc) is 3.37. The minimum absolute atomic E-state index is 0.102. The molecule has 0 aliphatic carbocycles. The van der Waals surface area contributed by atoms with Crippen molar-refractivity contribution in [1.29, 1.82) is 0 Å². The van der Waals surface area contributed by atoms with Crippen molar-refractivity contribution in [3.63, 3.8) is 0 Å². The molecular weight excluding hydrogens is 379 g/mol. The van der Waals surface area contributed by atoms with Crippen molar-refractivity contribution in [2.75, 3.05) is 18.8 Å². The maximum absolute atomic E-state index is 13.4. The Bertz CT molecular complexity index is 932. The van der Waals surface area contributed by atoms with E-state index >= 15 is 0 Å². The summed E-state index contributed by atoms with van der Waals surface area (Å²) in [5, 5.41) is 9.06. The molecule has 1 aromatic carbocycles. The summed E-state index contributed by atoms with van der Waals surface area (Å²) in [6, 6.07) is 9.64. The molecule has 4 rings (SSSR count). The van der Waals surface area contributed by atoms with E-state index in [0.717, 1.165) is 25.9 Å². The van der Waals surface area contributed by atoms with Crippen LogP contribution >= 0.6 is 11.8 Å². The molecule has 146 valence electrons. The van der Waals surface area contributed by atoms with Crippen LogP contribution in [-0.2, 0) is 4.79 Å². The maximum atomic E-state index is 13.4. The summed E-state index contributed by atoms with van der Waals surface area (Å²) >= 11 is 1.33. The molecule has 0 radical (unpaired) electrons. The van der Waals surface area contributed by atoms with Crippen molar-refractivity contribution in [3.05, 3.63) is 48.5 Å². The Morgan fingerprint density at radius 2 is 1.96 bits per heavy atom. The Kier molecular flexibility index (Phi) is 5.47. The number of thioether (sulfide) groups is 1. The van der Waals surface area contributed by atoms with E-state index in [1.54, 1.807) is 35.1 Å². The average molecular weight is 400 g/mol. The van der Waals surface area contributed by atoms with Gasteiger partial charge >= 0.3 is 0 Å². The summed E-state index contributed by atoms with van der Waals surface area (Å²) in [5.74, 6) is 1.81. The number of nitrogens with zero attached hydrogens (tertiary/aromatic N) is 4. The van der Waals surface area contributed by atoms with Crippen LogP contribution in [0.2, 0.25) is 0 Å². The molecule has 0 bridgehead atoms. The smallest absolute Gasteiger partial charge is 0.233 e. The Balaban J connectivity index is 1.57. The van der Waals surface area contributed by atoms with E-state index in [9.17, 15) is 9.18 Å². The first-order valence-corrected chi connectivity index (χ1v) is 10.3. The molecule has 1 amide bonds. The number of piperidine rings is 1. The number of furan rings is 1. The third kappa shape index (κ3) is 3.96. The second kappa shape index (κ2) is 8.18. The van der Waals surface area contributed by atoms with Gasteiger partial charge in [0.1, 0.15) is 5.82 Å². The van der Waals surface area contributed by atoms with Gasteiger partial charge in [-0.05, 0) is 55.2 Å². The second-order valence-electron chi connectivity index (χ2n) is 6.95.